The van der Waals surface area contributed by atoms with Crippen molar-refractivity contribution < 1.29 is 0 Å². The molecule has 0 amide bonds. The smallest absolute Gasteiger partial charge is 0.0648 e. The highest BCUT2D eigenvalue weighted by Gasteiger charge is 2.00. The molecule has 0 radical (unpaired) electrons. The van der Waals surface area contributed by atoms with E-state index >= 15 is 0 Å². The van der Waals surface area contributed by atoms with Gasteiger partial charge < -0.3 is 0 Å². The summed E-state index contributed by atoms with van der Waals surface area (Å²) in [5.74, 6) is 0. The first-order valence-corrected chi connectivity index (χ1v) is 5.24. The molecule has 0 saturated heterocycles. The zero-order chi connectivity index (χ0) is 10.1. The summed E-state index contributed by atoms with van der Waals surface area (Å²) in [4.78, 5) is 0. The van der Waals surface area contributed by atoms with Crippen LogP contribution in [0.3, 0.4) is 0 Å². The molecule has 0 atom stereocenters. The highest BCUT2D eigenvalue weighted by molar-refractivity contribution is 9.10. The van der Waals surface area contributed by atoms with Crippen LogP contribution in [0.2, 0.25) is 0 Å². The molecule has 72 valence electrons. The zero-order valence-electron chi connectivity index (χ0n) is 8.16. The fourth-order valence-corrected chi connectivity index (χ4v) is 1.60. The van der Waals surface area contributed by atoms with Crippen LogP contribution in [-0.4, -0.2) is 9.78 Å². The Hall–Kier alpha value is -1.09. The van der Waals surface area contributed by atoms with Crippen LogP contribution >= 0.6 is 15.9 Å². The Kier molecular flexibility index (Phi) is 2.42. The first-order valence-electron chi connectivity index (χ1n) is 4.44. The lowest BCUT2D eigenvalue weighted by molar-refractivity contribution is 0.878. The molecule has 2 nitrogen and oxygen atoms in total. The molecule has 0 N–H and O–H groups in total. The Morgan fingerprint density at radius 3 is 2.57 bits per heavy atom. The van der Waals surface area contributed by atoms with E-state index in [2.05, 4.69) is 53.1 Å². The number of aryl methyl sites for hydroxylation is 2. The van der Waals surface area contributed by atoms with Crippen molar-refractivity contribution in [2.45, 2.75) is 13.8 Å². The lowest BCUT2D eigenvalue weighted by atomic mass is 10.1. The number of nitrogens with zero attached hydrogens (tertiary/aromatic N) is 2. The molecule has 1 aromatic carbocycles. The molecule has 3 heteroatoms. The lowest BCUT2D eigenvalue weighted by Crippen LogP contribution is -1.95. The monoisotopic (exact) mass is 250 g/mol. The van der Waals surface area contributed by atoms with Crippen LogP contribution in [0, 0.1) is 13.8 Å². The number of hydrogen-bond acceptors (Lipinski definition) is 1. The first-order chi connectivity index (χ1) is 6.66. The summed E-state index contributed by atoms with van der Waals surface area (Å²) in [5, 5.41) is 4.23. The Morgan fingerprint density at radius 1 is 1.21 bits per heavy atom. The van der Waals surface area contributed by atoms with Gasteiger partial charge in [-0.05, 0) is 53.0 Å². The van der Waals surface area contributed by atoms with E-state index in [1.165, 1.54) is 11.1 Å². The second-order valence-corrected chi connectivity index (χ2v) is 4.29. The fourth-order valence-electron chi connectivity index (χ4n) is 1.31. The van der Waals surface area contributed by atoms with Crippen LogP contribution in [0.4, 0.5) is 0 Å². The minimum atomic E-state index is 0.996. The maximum absolute atomic E-state index is 4.23. The summed E-state index contributed by atoms with van der Waals surface area (Å²) in [6, 6.07) is 6.32. The molecule has 0 aliphatic heterocycles. The Labute approximate surface area is 91.7 Å². The second kappa shape index (κ2) is 3.58. The van der Waals surface area contributed by atoms with Gasteiger partial charge in [-0.1, -0.05) is 6.07 Å². The molecular weight excluding hydrogens is 240 g/mol. The van der Waals surface area contributed by atoms with Crippen LogP contribution in [-0.2, 0) is 0 Å². The van der Waals surface area contributed by atoms with Gasteiger partial charge in [-0.2, -0.15) is 5.10 Å². The van der Waals surface area contributed by atoms with Crippen LogP contribution in [0.5, 0.6) is 0 Å². The van der Waals surface area contributed by atoms with Crippen molar-refractivity contribution >= 4 is 15.9 Å². The molecule has 2 aromatic rings. The topological polar surface area (TPSA) is 17.8 Å². The minimum Gasteiger partial charge on any atom is -0.240 e. The van der Waals surface area contributed by atoms with E-state index in [0.29, 0.717) is 0 Å². The van der Waals surface area contributed by atoms with E-state index in [-0.39, 0.29) is 0 Å². The number of aromatic nitrogens is 2. The van der Waals surface area contributed by atoms with Gasteiger partial charge in [-0.25, -0.2) is 4.68 Å². The predicted molar refractivity (Wildman–Crippen MR) is 60.7 cm³/mol. The fraction of sp³-hybridized carbons (Fsp3) is 0.182. The van der Waals surface area contributed by atoms with Gasteiger partial charge in [0, 0.05) is 6.20 Å². The second-order valence-electron chi connectivity index (χ2n) is 3.37. The van der Waals surface area contributed by atoms with Gasteiger partial charge in [-0.15, -0.1) is 0 Å². The van der Waals surface area contributed by atoms with E-state index in [1.807, 2.05) is 10.9 Å². The summed E-state index contributed by atoms with van der Waals surface area (Å²) in [5.41, 5.74) is 3.69. The SMILES string of the molecule is Cc1ccc(-n2cc(Br)cn2)cc1C. The summed E-state index contributed by atoms with van der Waals surface area (Å²) in [6.45, 7) is 4.22. The van der Waals surface area contributed by atoms with Gasteiger partial charge >= 0.3 is 0 Å². The highest BCUT2D eigenvalue weighted by atomic mass is 79.9. The summed E-state index contributed by atoms with van der Waals surface area (Å²) in [7, 11) is 0. The van der Waals surface area contributed by atoms with Gasteiger partial charge in [-0.3, -0.25) is 0 Å². The number of rotatable bonds is 1. The molecular formula is C11H11BrN2. The number of benzene rings is 1. The predicted octanol–water partition coefficient (Wildman–Crippen LogP) is 3.25. The standard InChI is InChI=1S/C11H11BrN2/c1-8-3-4-11(5-9(8)2)14-7-10(12)6-13-14/h3-7H,1-2H3. The molecule has 1 aromatic heterocycles. The van der Waals surface area contributed by atoms with Crippen molar-refractivity contribution in [1.82, 2.24) is 9.78 Å². The van der Waals surface area contributed by atoms with Gasteiger partial charge in [0.2, 0.25) is 0 Å². The van der Waals surface area contributed by atoms with E-state index in [0.717, 1.165) is 10.2 Å². The van der Waals surface area contributed by atoms with Crippen molar-refractivity contribution in [2.75, 3.05) is 0 Å². The summed E-state index contributed by atoms with van der Waals surface area (Å²) >= 11 is 3.38. The summed E-state index contributed by atoms with van der Waals surface area (Å²) in [6.07, 6.45) is 3.74. The molecule has 1 heterocycles. The van der Waals surface area contributed by atoms with Crippen molar-refractivity contribution in [3.05, 3.63) is 46.2 Å². The van der Waals surface area contributed by atoms with E-state index < -0.39 is 0 Å². The largest absolute Gasteiger partial charge is 0.240 e. The molecule has 2 rings (SSSR count). The molecule has 0 aliphatic carbocycles. The Morgan fingerprint density at radius 2 is 2.00 bits per heavy atom. The maximum Gasteiger partial charge on any atom is 0.0648 e. The number of hydrogen-bond donors (Lipinski definition) is 0. The normalized spacial score (nSPS) is 10.5. The third-order valence-electron chi connectivity index (χ3n) is 2.31. The highest BCUT2D eigenvalue weighted by Crippen LogP contribution is 2.15. The average Bonchev–Trinajstić information content (AvgIpc) is 2.57. The van der Waals surface area contributed by atoms with Gasteiger partial charge in [0.15, 0.2) is 0 Å². The van der Waals surface area contributed by atoms with E-state index in [9.17, 15) is 0 Å². The van der Waals surface area contributed by atoms with Gasteiger partial charge in [0.1, 0.15) is 0 Å². The van der Waals surface area contributed by atoms with Crippen LogP contribution in [0.15, 0.2) is 35.1 Å². The molecule has 0 spiro atoms. The quantitative estimate of drug-likeness (QED) is 0.760. The Balaban J connectivity index is 2.47. The van der Waals surface area contributed by atoms with Gasteiger partial charge in [0.05, 0.1) is 16.4 Å². The molecule has 14 heavy (non-hydrogen) atoms. The maximum atomic E-state index is 4.23. The van der Waals surface area contributed by atoms with Crippen molar-refractivity contribution in [2.24, 2.45) is 0 Å². The van der Waals surface area contributed by atoms with Crippen molar-refractivity contribution in [3.63, 3.8) is 0 Å². The van der Waals surface area contributed by atoms with Crippen molar-refractivity contribution in [3.8, 4) is 5.69 Å². The minimum absolute atomic E-state index is 0.996. The summed E-state index contributed by atoms with van der Waals surface area (Å²) < 4.78 is 2.85. The van der Waals surface area contributed by atoms with Crippen LogP contribution < -0.4 is 0 Å². The zero-order valence-corrected chi connectivity index (χ0v) is 9.75. The van der Waals surface area contributed by atoms with E-state index in [1.54, 1.807) is 6.20 Å². The van der Waals surface area contributed by atoms with Gasteiger partial charge in [0.25, 0.3) is 0 Å². The van der Waals surface area contributed by atoms with E-state index in [4.69, 9.17) is 0 Å². The average molecular weight is 251 g/mol. The number of halogens is 1. The molecule has 0 aliphatic rings. The lowest BCUT2D eigenvalue weighted by Gasteiger charge is -2.04. The van der Waals surface area contributed by atoms with Crippen LogP contribution in [0.25, 0.3) is 5.69 Å². The third kappa shape index (κ3) is 1.73. The molecule has 0 saturated carbocycles. The molecule has 0 fully saturated rings. The first kappa shape index (κ1) is 9.46. The third-order valence-corrected chi connectivity index (χ3v) is 2.72. The van der Waals surface area contributed by atoms with Crippen LogP contribution in [0.1, 0.15) is 11.1 Å². The van der Waals surface area contributed by atoms with Crippen molar-refractivity contribution in [1.29, 1.82) is 0 Å². The molecule has 0 bridgehead atoms. The molecule has 0 unspecified atom stereocenters. The Bertz CT molecular complexity index is 460.